The van der Waals surface area contributed by atoms with Crippen molar-refractivity contribution >= 4 is 5.91 Å². The molecule has 0 bridgehead atoms. The lowest BCUT2D eigenvalue weighted by molar-refractivity contribution is 0.0494. The van der Waals surface area contributed by atoms with Gasteiger partial charge in [-0.15, -0.1) is 0 Å². The van der Waals surface area contributed by atoms with Crippen molar-refractivity contribution < 1.29 is 28.2 Å². The maximum absolute atomic E-state index is 13.8. The summed E-state index contributed by atoms with van der Waals surface area (Å²) < 4.78 is 37.1. The molecule has 0 aliphatic carbocycles. The number of hydrogen-bond donors (Lipinski definition) is 2. The second-order valence-corrected chi connectivity index (χ2v) is 5.65. The molecule has 1 aliphatic rings. The molecule has 1 atom stereocenters. The molecular formula is C17H15F2NO4. The van der Waals surface area contributed by atoms with E-state index in [2.05, 4.69) is 5.32 Å². The number of aliphatic hydroxyl groups is 1. The molecule has 126 valence electrons. The Bertz CT molecular complexity index is 792. The summed E-state index contributed by atoms with van der Waals surface area (Å²) in [6.07, 6.45) is 0. The Morgan fingerprint density at radius 3 is 2.71 bits per heavy atom. The first-order chi connectivity index (χ1) is 11.4. The number of carbonyl (C=O) groups is 1. The van der Waals surface area contributed by atoms with E-state index in [-0.39, 0.29) is 18.9 Å². The molecule has 0 aromatic heterocycles. The number of halogens is 2. The van der Waals surface area contributed by atoms with Crippen molar-refractivity contribution in [3.63, 3.8) is 0 Å². The quantitative estimate of drug-likeness (QED) is 0.900. The lowest BCUT2D eigenvalue weighted by atomic mass is 9.95. The van der Waals surface area contributed by atoms with Crippen LogP contribution < -0.4 is 14.8 Å². The van der Waals surface area contributed by atoms with Gasteiger partial charge in [-0.3, -0.25) is 4.79 Å². The van der Waals surface area contributed by atoms with Crippen molar-refractivity contribution in [1.29, 1.82) is 0 Å². The normalized spacial score (nSPS) is 15.0. The topological polar surface area (TPSA) is 67.8 Å². The van der Waals surface area contributed by atoms with Gasteiger partial charge in [0.1, 0.15) is 17.2 Å². The molecule has 3 rings (SSSR count). The highest BCUT2D eigenvalue weighted by Crippen LogP contribution is 2.32. The molecule has 0 saturated carbocycles. The Morgan fingerprint density at radius 2 is 1.96 bits per heavy atom. The average molecular weight is 335 g/mol. The lowest BCUT2D eigenvalue weighted by Crippen LogP contribution is -2.39. The Morgan fingerprint density at radius 1 is 1.21 bits per heavy atom. The van der Waals surface area contributed by atoms with Gasteiger partial charge in [-0.25, -0.2) is 8.78 Å². The zero-order chi connectivity index (χ0) is 17.3. The minimum atomic E-state index is -1.69. The largest absolute Gasteiger partial charge is 0.454 e. The van der Waals surface area contributed by atoms with Gasteiger partial charge in [-0.2, -0.15) is 0 Å². The van der Waals surface area contributed by atoms with Gasteiger partial charge in [-0.1, -0.05) is 6.07 Å². The van der Waals surface area contributed by atoms with Crippen LogP contribution in [0.2, 0.25) is 0 Å². The highest BCUT2D eigenvalue weighted by molar-refractivity contribution is 5.95. The standard InChI is InChI=1S/C17H15F2NO4/c1-17(22,12-4-3-11(18)7-13(12)19)8-20-16(21)10-2-5-14-15(6-10)24-9-23-14/h2-7,22H,8-9H2,1H3,(H,20,21)/t17-/m1/s1. The van der Waals surface area contributed by atoms with Crippen molar-refractivity contribution in [3.05, 3.63) is 59.2 Å². The van der Waals surface area contributed by atoms with Gasteiger partial charge >= 0.3 is 0 Å². The van der Waals surface area contributed by atoms with Gasteiger partial charge < -0.3 is 19.9 Å². The fourth-order valence-corrected chi connectivity index (χ4v) is 2.41. The fraction of sp³-hybridized carbons (Fsp3) is 0.235. The van der Waals surface area contributed by atoms with Crippen LogP contribution in [0, 0.1) is 11.6 Å². The van der Waals surface area contributed by atoms with E-state index in [1.54, 1.807) is 12.1 Å². The van der Waals surface area contributed by atoms with Crippen LogP contribution in [0.1, 0.15) is 22.8 Å². The summed E-state index contributed by atoms with van der Waals surface area (Å²) in [7, 11) is 0. The number of nitrogens with one attached hydrogen (secondary N) is 1. The smallest absolute Gasteiger partial charge is 0.251 e. The van der Waals surface area contributed by atoms with E-state index in [1.807, 2.05) is 0 Å². The highest BCUT2D eigenvalue weighted by atomic mass is 19.1. The van der Waals surface area contributed by atoms with Crippen molar-refractivity contribution in [2.45, 2.75) is 12.5 Å². The molecule has 0 spiro atoms. The molecule has 0 fully saturated rings. The summed E-state index contributed by atoms with van der Waals surface area (Å²) in [5.41, 5.74) is -1.48. The van der Waals surface area contributed by atoms with Gasteiger partial charge in [0, 0.05) is 17.2 Å². The highest BCUT2D eigenvalue weighted by Gasteiger charge is 2.28. The van der Waals surface area contributed by atoms with E-state index in [4.69, 9.17) is 9.47 Å². The van der Waals surface area contributed by atoms with Crippen LogP contribution in [-0.2, 0) is 5.60 Å². The molecule has 0 unspecified atom stereocenters. The summed E-state index contributed by atoms with van der Waals surface area (Å²) >= 11 is 0. The second-order valence-electron chi connectivity index (χ2n) is 5.65. The zero-order valence-corrected chi connectivity index (χ0v) is 12.8. The molecule has 2 aromatic carbocycles. The molecule has 7 heteroatoms. The Labute approximate surface area is 136 Å². The minimum Gasteiger partial charge on any atom is -0.454 e. The summed E-state index contributed by atoms with van der Waals surface area (Å²) in [6, 6.07) is 7.56. The molecule has 24 heavy (non-hydrogen) atoms. The maximum atomic E-state index is 13.8. The van der Waals surface area contributed by atoms with Gasteiger partial charge in [0.05, 0.1) is 6.54 Å². The molecular weight excluding hydrogens is 320 g/mol. The Kier molecular flexibility index (Phi) is 4.11. The Hall–Kier alpha value is -2.67. The summed E-state index contributed by atoms with van der Waals surface area (Å²) in [4.78, 5) is 12.2. The summed E-state index contributed by atoms with van der Waals surface area (Å²) in [6.45, 7) is 1.19. The number of fused-ring (bicyclic) bond motifs is 1. The lowest BCUT2D eigenvalue weighted by Gasteiger charge is -2.24. The third-order valence-corrected chi connectivity index (χ3v) is 3.74. The number of amides is 1. The molecule has 5 nitrogen and oxygen atoms in total. The molecule has 2 N–H and O–H groups in total. The average Bonchev–Trinajstić information content (AvgIpc) is 2.99. The fourth-order valence-electron chi connectivity index (χ4n) is 2.41. The summed E-state index contributed by atoms with van der Waals surface area (Å²) in [5.74, 6) is -1.07. The molecule has 0 radical (unpaired) electrons. The van der Waals surface area contributed by atoms with Gasteiger partial charge in [-0.05, 0) is 31.2 Å². The van der Waals surface area contributed by atoms with E-state index in [0.717, 1.165) is 12.1 Å². The van der Waals surface area contributed by atoms with Crippen molar-refractivity contribution in [2.24, 2.45) is 0 Å². The molecule has 0 saturated heterocycles. The Balaban J connectivity index is 1.71. The van der Waals surface area contributed by atoms with E-state index in [9.17, 15) is 18.7 Å². The SMILES string of the molecule is C[C@@](O)(CNC(=O)c1ccc2c(c1)OCO2)c1ccc(F)cc1F. The van der Waals surface area contributed by atoms with Crippen LogP contribution >= 0.6 is 0 Å². The van der Waals surface area contributed by atoms with Crippen molar-refractivity contribution in [1.82, 2.24) is 5.32 Å². The third-order valence-electron chi connectivity index (χ3n) is 3.74. The van der Waals surface area contributed by atoms with Crippen LogP contribution in [0.4, 0.5) is 8.78 Å². The molecule has 2 aromatic rings. The van der Waals surface area contributed by atoms with Crippen LogP contribution in [-0.4, -0.2) is 24.4 Å². The van der Waals surface area contributed by atoms with E-state index in [1.165, 1.54) is 13.0 Å². The predicted molar refractivity (Wildman–Crippen MR) is 80.8 cm³/mol. The number of ether oxygens (including phenoxy) is 2. The number of benzene rings is 2. The molecule has 1 amide bonds. The second kappa shape index (κ2) is 6.09. The number of hydrogen-bond acceptors (Lipinski definition) is 4. The van der Waals surface area contributed by atoms with Crippen LogP contribution in [0.3, 0.4) is 0 Å². The van der Waals surface area contributed by atoms with Crippen molar-refractivity contribution in [3.8, 4) is 11.5 Å². The predicted octanol–water partition coefficient (Wildman–Crippen LogP) is 2.33. The maximum Gasteiger partial charge on any atom is 0.251 e. The van der Waals surface area contributed by atoms with Gasteiger partial charge in [0.25, 0.3) is 5.91 Å². The van der Waals surface area contributed by atoms with Crippen molar-refractivity contribution in [2.75, 3.05) is 13.3 Å². The van der Waals surface area contributed by atoms with Gasteiger partial charge in [0.2, 0.25) is 6.79 Å². The minimum absolute atomic E-state index is 0.0962. The number of carbonyl (C=O) groups excluding carboxylic acids is 1. The zero-order valence-electron chi connectivity index (χ0n) is 12.8. The number of rotatable bonds is 4. The van der Waals surface area contributed by atoms with E-state index < -0.39 is 23.1 Å². The summed E-state index contributed by atoms with van der Waals surface area (Å²) in [5, 5.41) is 12.9. The first kappa shape index (κ1) is 16.2. The first-order valence-corrected chi connectivity index (χ1v) is 7.22. The van der Waals surface area contributed by atoms with Gasteiger partial charge in [0.15, 0.2) is 11.5 Å². The van der Waals surface area contributed by atoms with Crippen LogP contribution in [0.15, 0.2) is 36.4 Å². The third kappa shape index (κ3) is 3.16. The first-order valence-electron chi connectivity index (χ1n) is 7.22. The molecule has 1 aliphatic heterocycles. The molecule has 1 heterocycles. The monoisotopic (exact) mass is 335 g/mol. The van der Waals surface area contributed by atoms with E-state index in [0.29, 0.717) is 23.1 Å². The van der Waals surface area contributed by atoms with E-state index >= 15 is 0 Å². The van der Waals surface area contributed by atoms with Crippen LogP contribution in [0.5, 0.6) is 11.5 Å². The van der Waals surface area contributed by atoms with Crippen LogP contribution in [0.25, 0.3) is 0 Å².